The van der Waals surface area contributed by atoms with Gasteiger partial charge in [0, 0.05) is 52.5 Å². The summed E-state index contributed by atoms with van der Waals surface area (Å²) in [7, 11) is 0. The van der Waals surface area contributed by atoms with Gasteiger partial charge in [0.25, 0.3) is 11.8 Å². The molecule has 1 atom stereocenters. The Hall–Kier alpha value is -1.54. The molecule has 3 heterocycles. The highest BCUT2D eigenvalue weighted by Crippen LogP contribution is 2.28. The fourth-order valence-electron chi connectivity index (χ4n) is 2.96. The second kappa shape index (κ2) is 6.52. The van der Waals surface area contributed by atoms with Gasteiger partial charge in [-0.25, -0.2) is 13.8 Å². The number of amides is 1. The van der Waals surface area contributed by atoms with Gasteiger partial charge in [-0.3, -0.25) is 9.69 Å². The van der Waals surface area contributed by atoms with Crippen LogP contribution in [-0.2, 0) is 16.1 Å². The lowest BCUT2D eigenvalue weighted by Gasteiger charge is -2.37. The molecular weight excluding hydrogens is 308 g/mol. The molecule has 1 aromatic rings. The number of morpholine rings is 1. The second-order valence-corrected chi connectivity index (χ2v) is 6.13. The molecule has 2 aliphatic rings. The third kappa shape index (κ3) is 4.06. The monoisotopic (exact) mass is 329 g/mol. The van der Waals surface area contributed by atoms with Crippen LogP contribution < -0.4 is 0 Å². The maximum atomic E-state index is 13.2. The minimum atomic E-state index is -2.65. The molecule has 3 rings (SSSR count). The van der Waals surface area contributed by atoms with Crippen LogP contribution in [0.15, 0.2) is 10.7 Å². The number of alkyl halides is 2. The smallest absolute Gasteiger partial charge is 0.253 e. The van der Waals surface area contributed by atoms with Crippen LogP contribution in [0.1, 0.15) is 24.4 Å². The molecule has 0 aromatic carbocycles. The van der Waals surface area contributed by atoms with Crippen LogP contribution >= 0.6 is 0 Å². The van der Waals surface area contributed by atoms with Gasteiger partial charge in [-0.2, -0.15) is 0 Å². The van der Waals surface area contributed by atoms with E-state index in [1.54, 1.807) is 13.2 Å². The van der Waals surface area contributed by atoms with Crippen molar-refractivity contribution < 1.29 is 22.7 Å². The first kappa shape index (κ1) is 16.3. The van der Waals surface area contributed by atoms with Crippen molar-refractivity contribution in [2.24, 2.45) is 0 Å². The minimum absolute atomic E-state index is 0.0914. The Kier molecular flexibility index (Phi) is 4.63. The summed E-state index contributed by atoms with van der Waals surface area (Å²) in [5.74, 6) is -2.24. The van der Waals surface area contributed by atoms with E-state index >= 15 is 0 Å². The fraction of sp³-hybridized carbons (Fsp3) is 0.733. The number of likely N-dealkylation sites (tertiary alicyclic amines) is 1. The highest BCUT2D eigenvalue weighted by molar-refractivity contribution is 5.81. The number of aromatic nitrogens is 1. The number of carbonyl (C=O) groups is 1. The molecule has 0 saturated carbocycles. The zero-order valence-electron chi connectivity index (χ0n) is 13.1. The highest BCUT2D eigenvalue weighted by atomic mass is 19.3. The van der Waals surface area contributed by atoms with Gasteiger partial charge in [0.05, 0.1) is 12.3 Å². The van der Waals surface area contributed by atoms with E-state index in [1.165, 1.54) is 4.90 Å². The number of oxazole rings is 1. The zero-order chi connectivity index (χ0) is 16.4. The molecule has 1 aromatic heterocycles. The van der Waals surface area contributed by atoms with Gasteiger partial charge in [-0.1, -0.05) is 0 Å². The molecule has 8 heteroatoms. The van der Waals surface area contributed by atoms with Crippen molar-refractivity contribution in [3.8, 4) is 0 Å². The Morgan fingerprint density at radius 1 is 1.39 bits per heavy atom. The van der Waals surface area contributed by atoms with E-state index in [0.29, 0.717) is 32.1 Å². The van der Waals surface area contributed by atoms with E-state index in [4.69, 9.17) is 9.15 Å². The number of halogens is 2. The van der Waals surface area contributed by atoms with Crippen LogP contribution in [0.25, 0.3) is 0 Å². The van der Waals surface area contributed by atoms with E-state index in [0.717, 1.165) is 5.69 Å². The molecule has 0 radical (unpaired) electrons. The lowest BCUT2D eigenvalue weighted by molar-refractivity contribution is -0.155. The van der Waals surface area contributed by atoms with Crippen LogP contribution in [-0.4, -0.2) is 65.5 Å². The van der Waals surface area contributed by atoms with Crippen molar-refractivity contribution in [1.29, 1.82) is 0 Å². The van der Waals surface area contributed by atoms with E-state index in [1.807, 2.05) is 0 Å². The summed E-state index contributed by atoms with van der Waals surface area (Å²) < 4.78 is 37.1. The standard InChI is InChI=1S/C15H21F2N3O3/c1-11-18-12(10-23-11)8-19-6-7-22-13(9-19)14(21)20-4-2-15(16,17)3-5-20/h10,13H,2-9H2,1H3. The van der Waals surface area contributed by atoms with Gasteiger partial charge >= 0.3 is 0 Å². The number of hydrogen-bond acceptors (Lipinski definition) is 5. The van der Waals surface area contributed by atoms with Crippen molar-refractivity contribution in [3.05, 3.63) is 17.8 Å². The van der Waals surface area contributed by atoms with Crippen molar-refractivity contribution >= 4 is 5.91 Å². The summed E-state index contributed by atoms with van der Waals surface area (Å²) >= 11 is 0. The summed E-state index contributed by atoms with van der Waals surface area (Å²) in [6, 6.07) is 0. The largest absolute Gasteiger partial charge is 0.449 e. The Balaban J connectivity index is 1.54. The molecule has 2 fully saturated rings. The second-order valence-electron chi connectivity index (χ2n) is 6.13. The van der Waals surface area contributed by atoms with Crippen LogP contribution in [0.3, 0.4) is 0 Å². The first-order chi connectivity index (χ1) is 10.9. The molecule has 1 unspecified atom stereocenters. The first-order valence-electron chi connectivity index (χ1n) is 7.84. The molecular formula is C15H21F2N3O3. The van der Waals surface area contributed by atoms with Crippen molar-refractivity contribution in [3.63, 3.8) is 0 Å². The van der Waals surface area contributed by atoms with Gasteiger partial charge in [0.1, 0.15) is 12.4 Å². The Bertz CT molecular complexity index is 554. The Labute approximate surface area is 133 Å². The third-order valence-corrected chi connectivity index (χ3v) is 4.28. The average Bonchev–Trinajstić information content (AvgIpc) is 2.92. The molecule has 0 N–H and O–H groups in total. The zero-order valence-corrected chi connectivity index (χ0v) is 13.1. The lowest BCUT2D eigenvalue weighted by Crippen LogP contribution is -2.53. The predicted octanol–water partition coefficient (Wildman–Crippen LogP) is 1.44. The number of ether oxygens (including phenoxy) is 1. The average molecular weight is 329 g/mol. The van der Waals surface area contributed by atoms with E-state index in [9.17, 15) is 13.6 Å². The number of hydrogen-bond donors (Lipinski definition) is 0. The van der Waals surface area contributed by atoms with Crippen molar-refractivity contribution in [2.75, 3.05) is 32.8 Å². The van der Waals surface area contributed by atoms with E-state index < -0.39 is 12.0 Å². The minimum Gasteiger partial charge on any atom is -0.449 e. The van der Waals surface area contributed by atoms with Crippen LogP contribution in [0, 0.1) is 6.92 Å². The first-order valence-corrected chi connectivity index (χ1v) is 7.84. The van der Waals surface area contributed by atoms with Crippen molar-refractivity contribution in [1.82, 2.24) is 14.8 Å². The predicted molar refractivity (Wildman–Crippen MR) is 77.0 cm³/mol. The van der Waals surface area contributed by atoms with Gasteiger partial charge in [0.2, 0.25) is 0 Å². The van der Waals surface area contributed by atoms with Gasteiger partial charge in [0.15, 0.2) is 5.89 Å². The van der Waals surface area contributed by atoms with Crippen LogP contribution in [0.4, 0.5) is 8.78 Å². The molecule has 0 spiro atoms. The highest BCUT2D eigenvalue weighted by Gasteiger charge is 2.38. The SMILES string of the molecule is Cc1nc(CN2CCOC(C(=O)N3CCC(F)(F)CC3)C2)co1. The third-order valence-electron chi connectivity index (χ3n) is 4.28. The summed E-state index contributed by atoms with van der Waals surface area (Å²) in [5, 5.41) is 0. The maximum absolute atomic E-state index is 13.2. The molecule has 128 valence electrons. The number of carbonyl (C=O) groups excluding carboxylic acids is 1. The number of piperidine rings is 1. The Morgan fingerprint density at radius 2 is 2.13 bits per heavy atom. The van der Waals surface area contributed by atoms with E-state index in [-0.39, 0.29) is 31.8 Å². The van der Waals surface area contributed by atoms with Crippen LogP contribution in [0.2, 0.25) is 0 Å². The summed E-state index contributed by atoms with van der Waals surface area (Å²) in [5.41, 5.74) is 0.813. The van der Waals surface area contributed by atoms with Gasteiger partial charge < -0.3 is 14.1 Å². The van der Waals surface area contributed by atoms with E-state index in [2.05, 4.69) is 9.88 Å². The van der Waals surface area contributed by atoms with Gasteiger partial charge in [-0.05, 0) is 0 Å². The lowest BCUT2D eigenvalue weighted by atomic mass is 10.1. The Morgan fingerprint density at radius 3 is 2.78 bits per heavy atom. The maximum Gasteiger partial charge on any atom is 0.253 e. The topological polar surface area (TPSA) is 58.8 Å². The summed E-state index contributed by atoms with van der Waals surface area (Å²) in [6.07, 6.45) is 0.471. The van der Waals surface area contributed by atoms with Crippen LogP contribution in [0.5, 0.6) is 0 Å². The normalized spacial score (nSPS) is 25.5. The summed E-state index contributed by atoms with van der Waals surface area (Å²) in [6.45, 7) is 4.13. The van der Waals surface area contributed by atoms with Gasteiger partial charge in [-0.15, -0.1) is 0 Å². The number of aryl methyl sites for hydroxylation is 1. The number of rotatable bonds is 3. The molecule has 0 bridgehead atoms. The molecule has 2 aliphatic heterocycles. The molecule has 6 nitrogen and oxygen atoms in total. The summed E-state index contributed by atoms with van der Waals surface area (Å²) in [4.78, 5) is 20.3. The fourth-order valence-corrected chi connectivity index (χ4v) is 2.96. The molecule has 2 saturated heterocycles. The van der Waals surface area contributed by atoms with Crippen molar-refractivity contribution in [2.45, 2.75) is 38.3 Å². The molecule has 1 amide bonds. The number of nitrogens with zero attached hydrogens (tertiary/aromatic N) is 3. The molecule has 23 heavy (non-hydrogen) atoms. The molecule has 0 aliphatic carbocycles. The quantitative estimate of drug-likeness (QED) is 0.840.